The van der Waals surface area contributed by atoms with E-state index in [1.165, 1.54) is 12.1 Å². The first-order valence-electron chi connectivity index (χ1n) is 4.42. The van der Waals surface area contributed by atoms with Crippen molar-refractivity contribution >= 4 is 16.9 Å². The number of fused-ring (bicyclic) bond motifs is 1. The summed E-state index contributed by atoms with van der Waals surface area (Å²) in [5, 5.41) is 9.22. The molecule has 0 saturated heterocycles. The Bertz CT molecular complexity index is 525. The maximum atomic E-state index is 13.4. The zero-order valence-corrected chi connectivity index (χ0v) is 7.77. The lowest BCUT2D eigenvalue weighted by Gasteiger charge is -2.04. The molecule has 1 aromatic carbocycles. The standard InChI is InChI=1S/C11H8FNO2/c12-9-3-4-10-7(2-1-5-13-10)8(9)6-11(14)15/h1-5H,6H2,(H,14,15). The summed E-state index contributed by atoms with van der Waals surface area (Å²) in [5.41, 5.74) is 0.795. The lowest BCUT2D eigenvalue weighted by Crippen LogP contribution is -2.03. The zero-order chi connectivity index (χ0) is 10.8. The second-order valence-electron chi connectivity index (χ2n) is 3.17. The Hall–Kier alpha value is -1.97. The number of aromatic nitrogens is 1. The molecule has 0 atom stereocenters. The summed E-state index contributed by atoms with van der Waals surface area (Å²) >= 11 is 0. The smallest absolute Gasteiger partial charge is 0.307 e. The molecule has 0 radical (unpaired) electrons. The molecule has 4 heteroatoms. The number of pyridine rings is 1. The van der Waals surface area contributed by atoms with Gasteiger partial charge in [-0.2, -0.15) is 0 Å². The normalized spacial score (nSPS) is 10.5. The van der Waals surface area contributed by atoms with E-state index in [0.29, 0.717) is 10.9 Å². The monoisotopic (exact) mass is 205 g/mol. The molecule has 1 heterocycles. The van der Waals surface area contributed by atoms with E-state index in [1.807, 2.05) is 0 Å². The minimum atomic E-state index is -1.05. The molecule has 1 N–H and O–H groups in total. The minimum Gasteiger partial charge on any atom is -0.481 e. The number of aliphatic carboxylic acids is 1. The van der Waals surface area contributed by atoms with Crippen molar-refractivity contribution in [1.29, 1.82) is 0 Å². The molecule has 0 amide bonds. The van der Waals surface area contributed by atoms with Crippen molar-refractivity contribution in [1.82, 2.24) is 4.98 Å². The van der Waals surface area contributed by atoms with Crippen LogP contribution in [0.4, 0.5) is 4.39 Å². The number of carbonyl (C=O) groups is 1. The first-order chi connectivity index (χ1) is 7.18. The molecule has 0 aliphatic rings. The third kappa shape index (κ3) is 1.79. The van der Waals surface area contributed by atoms with Crippen molar-refractivity contribution in [3.05, 3.63) is 41.8 Å². The summed E-state index contributed by atoms with van der Waals surface area (Å²) in [4.78, 5) is 14.6. The van der Waals surface area contributed by atoms with Gasteiger partial charge in [0.1, 0.15) is 5.82 Å². The molecule has 0 unspecified atom stereocenters. The van der Waals surface area contributed by atoms with Crippen molar-refractivity contribution in [3.8, 4) is 0 Å². The Morgan fingerprint density at radius 1 is 1.40 bits per heavy atom. The molecule has 0 spiro atoms. The van der Waals surface area contributed by atoms with Crippen LogP contribution >= 0.6 is 0 Å². The second kappa shape index (κ2) is 3.65. The van der Waals surface area contributed by atoms with Crippen molar-refractivity contribution in [2.45, 2.75) is 6.42 Å². The lowest BCUT2D eigenvalue weighted by molar-refractivity contribution is -0.136. The molecule has 3 nitrogen and oxygen atoms in total. The molecule has 0 bridgehead atoms. The summed E-state index contributed by atoms with van der Waals surface area (Å²) in [6.07, 6.45) is 1.26. The van der Waals surface area contributed by atoms with Gasteiger partial charge in [-0.15, -0.1) is 0 Å². The third-order valence-corrected chi connectivity index (χ3v) is 2.17. The molecule has 1 aromatic heterocycles. The van der Waals surface area contributed by atoms with Gasteiger partial charge in [-0.1, -0.05) is 6.07 Å². The molecular weight excluding hydrogens is 197 g/mol. The van der Waals surface area contributed by atoms with E-state index in [9.17, 15) is 9.18 Å². The van der Waals surface area contributed by atoms with Crippen LogP contribution in [0.3, 0.4) is 0 Å². The number of hydrogen-bond donors (Lipinski definition) is 1. The van der Waals surface area contributed by atoms with Gasteiger partial charge in [-0.25, -0.2) is 4.39 Å². The highest BCUT2D eigenvalue weighted by molar-refractivity contribution is 5.86. The molecule has 0 aliphatic heterocycles. The maximum Gasteiger partial charge on any atom is 0.307 e. The Labute approximate surface area is 85.2 Å². The van der Waals surface area contributed by atoms with Gasteiger partial charge < -0.3 is 5.11 Å². The summed E-state index contributed by atoms with van der Waals surface area (Å²) in [7, 11) is 0. The quantitative estimate of drug-likeness (QED) is 0.815. The maximum absolute atomic E-state index is 13.4. The van der Waals surface area contributed by atoms with E-state index in [0.717, 1.165) is 0 Å². The van der Waals surface area contributed by atoms with Crippen molar-refractivity contribution in [3.63, 3.8) is 0 Å². The summed E-state index contributed by atoms with van der Waals surface area (Å²) in [6.45, 7) is 0. The fraction of sp³-hybridized carbons (Fsp3) is 0.0909. The lowest BCUT2D eigenvalue weighted by atomic mass is 10.1. The van der Waals surface area contributed by atoms with Gasteiger partial charge in [-0.3, -0.25) is 9.78 Å². The molecule has 76 valence electrons. The fourth-order valence-electron chi connectivity index (χ4n) is 1.52. The molecule has 0 aliphatic carbocycles. The highest BCUT2D eigenvalue weighted by atomic mass is 19.1. The van der Waals surface area contributed by atoms with E-state index in [-0.39, 0.29) is 12.0 Å². The van der Waals surface area contributed by atoms with Gasteiger partial charge in [0.2, 0.25) is 0 Å². The van der Waals surface area contributed by atoms with E-state index < -0.39 is 11.8 Å². The predicted molar refractivity (Wildman–Crippen MR) is 53.0 cm³/mol. The molecule has 2 aromatic rings. The van der Waals surface area contributed by atoms with Crippen LogP contribution < -0.4 is 0 Å². The third-order valence-electron chi connectivity index (χ3n) is 2.17. The number of halogens is 1. The van der Waals surface area contributed by atoms with Crippen LogP contribution in [0.1, 0.15) is 5.56 Å². The topological polar surface area (TPSA) is 50.2 Å². The second-order valence-corrected chi connectivity index (χ2v) is 3.17. The zero-order valence-electron chi connectivity index (χ0n) is 7.77. The molecule has 15 heavy (non-hydrogen) atoms. The Balaban J connectivity index is 2.68. The first-order valence-corrected chi connectivity index (χ1v) is 4.42. The fourth-order valence-corrected chi connectivity index (χ4v) is 1.52. The Morgan fingerprint density at radius 2 is 2.20 bits per heavy atom. The van der Waals surface area contributed by atoms with E-state index in [1.54, 1.807) is 18.3 Å². The van der Waals surface area contributed by atoms with Crippen LogP contribution in [0.25, 0.3) is 10.9 Å². The first kappa shape index (κ1) is 9.58. The number of benzene rings is 1. The highest BCUT2D eigenvalue weighted by Crippen LogP contribution is 2.20. The Morgan fingerprint density at radius 3 is 2.93 bits per heavy atom. The Kier molecular flexibility index (Phi) is 2.33. The summed E-state index contributed by atoms with van der Waals surface area (Å²) in [6, 6.07) is 6.11. The van der Waals surface area contributed by atoms with Gasteiger partial charge >= 0.3 is 5.97 Å². The number of carboxylic acids is 1. The SMILES string of the molecule is O=C(O)Cc1c(F)ccc2ncccc12. The van der Waals surface area contributed by atoms with Crippen LogP contribution in [0.2, 0.25) is 0 Å². The van der Waals surface area contributed by atoms with Gasteiger partial charge in [-0.05, 0) is 18.2 Å². The van der Waals surface area contributed by atoms with E-state index in [4.69, 9.17) is 5.11 Å². The van der Waals surface area contributed by atoms with Gasteiger partial charge in [0.15, 0.2) is 0 Å². The van der Waals surface area contributed by atoms with Crippen molar-refractivity contribution in [2.24, 2.45) is 0 Å². The average molecular weight is 205 g/mol. The summed E-state index contributed by atoms with van der Waals surface area (Å²) in [5.74, 6) is -1.55. The van der Waals surface area contributed by atoms with Gasteiger partial charge in [0.25, 0.3) is 0 Å². The van der Waals surface area contributed by atoms with Crippen LogP contribution in [-0.2, 0) is 11.2 Å². The predicted octanol–water partition coefficient (Wildman–Crippen LogP) is 2.00. The molecular formula is C11H8FNO2. The average Bonchev–Trinajstić information content (AvgIpc) is 2.22. The number of rotatable bonds is 2. The van der Waals surface area contributed by atoms with Crippen molar-refractivity contribution in [2.75, 3.05) is 0 Å². The van der Waals surface area contributed by atoms with Gasteiger partial charge in [0, 0.05) is 17.1 Å². The highest BCUT2D eigenvalue weighted by Gasteiger charge is 2.11. The van der Waals surface area contributed by atoms with Crippen LogP contribution in [0.5, 0.6) is 0 Å². The van der Waals surface area contributed by atoms with Crippen LogP contribution in [0.15, 0.2) is 30.5 Å². The van der Waals surface area contributed by atoms with Crippen LogP contribution in [-0.4, -0.2) is 16.1 Å². The van der Waals surface area contributed by atoms with Crippen LogP contribution in [0, 0.1) is 5.82 Å². The molecule has 0 saturated carbocycles. The minimum absolute atomic E-state index is 0.188. The van der Waals surface area contributed by atoms with Crippen molar-refractivity contribution < 1.29 is 14.3 Å². The largest absolute Gasteiger partial charge is 0.481 e. The van der Waals surface area contributed by atoms with Gasteiger partial charge in [0.05, 0.1) is 11.9 Å². The molecule has 0 fully saturated rings. The molecule has 2 rings (SSSR count). The number of nitrogens with zero attached hydrogens (tertiary/aromatic N) is 1. The summed E-state index contributed by atoms with van der Waals surface area (Å²) < 4.78 is 13.4. The van der Waals surface area contributed by atoms with E-state index >= 15 is 0 Å². The number of hydrogen-bond acceptors (Lipinski definition) is 2. The number of carboxylic acid groups (broad SMARTS) is 1. The van der Waals surface area contributed by atoms with E-state index in [2.05, 4.69) is 4.98 Å².